The quantitative estimate of drug-likeness (QED) is 0.540. The number of imidazole rings is 1. The Labute approximate surface area is 165 Å². The van der Waals surface area contributed by atoms with E-state index in [1.807, 2.05) is 0 Å². The number of aryl methyl sites for hydroxylation is 2. The van der Waals surface area contributed by atoms with Crippen LogP contribution in [0.2, 0.25) is 5.15 Å². The van der Waals surface area contributed by atoms with Crippen molar-refractivity contribution in [2.45, 2.75) is 13.3 Å². The highest BCUT2D eigenvalue weighted by molar-refractivity contribution is 6.33. The molecular formula is C20H17ClFN5O. The van der Waals surface area contributed by atoms with E-state index in [1.54, 1.807) is 50.4 Å². The van der Waals surface area contributed by atoms with E-state index in [4.69, 9.17) is 11.6 Å². The Hall–Kier alpha value is -3.19. The predicted molar refractivity (Wildman–Crippen MR) is 106 cm³/mol. The fourth-order valence-electron chi connectivity index (χ4n) is 3.13. The van der Waals surface area contributed by atoms with Gasteiger partial charge in [-0.3, -0.25) is 9.48 Å². The van der Waals surface area contributed by atoms with Crippen molar-refractivity contribution in [3.63, 3.8) is 0 Å². The highest BCUT2D eigenvalue weighted by Gasteiger charge is 2.19. The van der Waals surface area contributed by atoms with Crippen LogP contribution in [0.25, 0.3) is 11.0 Å². The molecule has 6 nitrogen and oxygen atoms in total. The van der Waals surface area contributed by atoms with Crippen molar-refractivity contribution >= 4 is 34.2 Å². The number of hydrogen-bond acceptors (Lipinski definition) is 3. The topological polar surface area (TPSA) is 75.6 Å². The summed E-state index contributed by atoms with van der Waals surface area (Å²) in [6.07, 6.45) is 0.355. The molecule has 0 bridgehead atoms. The molecule has 0 saturated carbocycles. The molecule has 0 spiro atoms. The molecule has 2 heterocycles. The summed E-state index contributed by atoms with van der Waals surface area (Å²) in [6.45, 7) is 1.73. The minimum atomic E-state index is -0.332. The van der Waals surface area contributed by atoms with Gasteiger partial charge in [-0.2, -0.15) is 5.10 Å². The lowest BCUT2D eigenvalue weighted by Gasteiger charge is -2.05. The monoisotopic (exact) mass is 397 g/mol. The minimum absolute atomic E-state index is 0.264. The zero-order valence-corrected chi connectivity index (χ0v) is 16.0. The number of carbonyl (C=O) groups is 1. The lowest BCUT2D eigenvalue weighted by atomic mass is 10.1. The molecule has 0 fully saturated rings. The van der Waals surface area contributed by atoms with E-state index in [2.05, 4.69) is 20.4 Å². The Morgan fingerprint density at radius 2 is 2.07 bits per heavy atom. The number of fused-ring (bicyclic) bond motifs is 1. The maximum Gasteiger partial charge on any atom is 0.260 e. The Kier molecular flexibility index (Phi) is 4.60. The molecule has 2 aromatic heterocycles. The number of carbonyl (C=O) groups excluding carboxylic acids is 1. The molecule has 0 radical (unpaired) electrons. The first kappa shape index (κ1) is 18.2. The smallest absolute Gasteiger partial charge is 0.260 e. The lowest BCUT2D eigenvalue weighted by Crippen LogP contribution is -2.13. The molecule has 0 unspecified atom stereocenters. The van der Waals surface area contributed by atoms with Gasteiger partial charge in [-0.15, -0.1) is 0 Å². The maximum absolute atomic E-state index is 13.9. The van der Waals surface area contributed by atoms with Crippen molar-refractivity contribution in [2.75, 3.05) is 5.32 Å². The van der Waals surface area contributed by atoms with Crippen LogP contribution in [0, 0.1) is 12.7 Å². The van der Waals surface area contributed by atoms with E-state index in [0.29, 0.717) is 34.8 Å². The van der Waals surface area contributed by atoms with Crippen molar-refractivity contribution in [1.82, 2.24) is 19.7 Å². The van der Waals surface area contributed by atoms with Crippen LogP contribution in [-0.2, 0) is 13.5 Å². The SMILES string of the molecule is Cc1nn(C)c(Cl)c1C(=O)Nc1ccc2nc(Cc3ccccc3F)[nH]c2c1. The second kappa shape index (κ2) is 7.09. The van der Waals surface area contributed by atoms with Crippen LogP contribution in [0.1, 0.15) is 27.4 Å². The van der Waals surface area contributed by atoms with E-state index < -0.39 is 0 Å². The van der Waals surface area contributed by atoms with Crippen molar-refractivity contribution in [2.24, 2.45) is 7.05 Å². The number of nitrogens with zero attached hydrogens (tertiary/aromatic N) is 3. The van der Waals surface area contributed by atoms with Crippen LogP contribution < -0.4 is 5.32 Å². The van der Waals surface area contributed by atoms with Crippen LogP contribution in [0.15, 0.2) is 42.5 Å². The van der Waals surface area contributed by atoms with Crippen LogP contribution in [0.3, 0.4) is 0 Å². The summed E-state index contributed by atoms with van der Waals surface area (Å²) < 4.78 is 15.3. The number of rotatable bonds is 4. The van der Waals surface area contributed by atoms with Crippen molar-refractivity contribution in [3.8, 4) is 0 Å². The van der Waals surface area contributed by atoms with Gasteiger partial charge in [-0.05, 0) is 36.8 Å². The molecule has 0 saturated heterocycles. The van der Waals surface area contributed by atoms with Crippen molar-refractivity contribution in [3.05, 3.63) is 76.1 Å². The summed E-state index contributed by atoms with van der Waals surface area (Å²) in [7, 11) is 1.68. The molecule has 0 aliphatic heterocycles. The molecule has 0 atom stereocenters. The van der Waals surface area contributed by atoms with E-state index in [0.717, 1.165) is 11.0 Å². The Morgan fingerprint density at radius 3 is 2.79 bits per heavy atom. The molecular weight excluding hydrogens is 381 g/mol. The number of hydrogen-bond donors (Lipinski definition) is 2. The molecule has 1 amide bonds. The van der Waals surface area contributed by atoms with Crippen LogP contribution in [-0.4, -0.2) is 25.7 Å². The number of amides is 1. The zero-order chi connectivity index (χ0) is 19.8. The number of nitrogens with one attached hydrogen (secondary N) is 2. The Balaban J connectivity index is 1.58. The average Bonchev–Trinajstić information content (AvgIpc) is 3.16. The van der Waals surface area contributed by atoms with Gasteiger partial charge in [0.15, 0.2) is 0 Å². The van der Waals surface area contributed by atoms with Gasteiger partial charge in [-0.25, -0.2) is 9.37 Å². The molecule has 142 valence electrons. The lowest BCUT2D eigenvalue weighted by molar-refractivity contribution is 0.102. The number of H-pyrrole nitrogens is 1. The normalized spacial score (nSPS) is 11.1. The first-order chi connectivity index (χ1) is 13.4. The molecule has 2 aromatic carbocycles. The molecule has 0 aliphatic carbocycles. The average molecular weight is 398 g/mol. The summed E-state index contributed by atoms with van der Waals surface area (Å²) in [5.74, 6) is 0.0513. The second-order valence-electron chi connectivity index (χ2n) is 6.51. The van der Waals surface area contributed by atoms with Gasteiger partial charge in [0, 0.05) is 19.2 Å². The second-order valence-corrected chi connectivity index (χ2v) is 6.87. The highest BCUT2D eigenvalue weighted by atomic mass is 35.5. The van der Waals surface area contributed by atoms with Gasteiger partial charge in [-0.1, -0.05) is 29.8 Å². The third-order valence-corrected chi connectivity index (χ3v) is 4.92. The van der Waals surface area contributed by atoms with Gasteiger partial charge < -0.3 is 10.3 Å². The number of aromatic amines is 1. The fourth-order valence-corrected chi connectivity index (χ4v) is 3.39. The van der Waals surface area contributed by atoms with Crippen LogP contribution in [0.5, 0.6) is 0 Å². The van der Waals surface area contributed by atoms with E-state index in [1.165, 1.54) is 10.7 Å². The van der Waals surface area contributed by atoms with Crippen LogP contribution >= 0.6 is 11.6 Å². The first-order valence-corrected chi connectivity index (χ1v) is 9.02. The standard InChI is InChI=1S/C20H17ClFN5O/c1-11-18(19(21)27(2)26-11)20(28)23-13-7-8-15-16(10-13)25-17(24-15)9-12-5-3-4-6-14(12)22/h3-8,10H,9H2,1-2H3,(H,23,28)(H,24,25). The number of anilines is 1. The summed E-state index contributed by atoms with van der Waals surface area (Å²) in [6, 6.07) is 11.9. The fraction of sp³-hybridized carbons (Fsp3) is 0.150. The molecule has 0 aliphatic rings. The summed E-state index contributed by atoms with van der Waals surface area (Å²) in [4.78, 5) is 20.2. The summed E-state index contributed by atoms with van der Waals surface area (Å²) in [5.41, 5.74) is 3.54. The van der Waals surface area contributed by atoms with Crippen LogP contribution in [0.4, 0.5) is 10.1 Å². The molecule has 4 rings (SSSR count). The first-order valence-electron chi connectivity index (χ1n) is 8.65. The Morgan fingerprint density at radius 1 is 1.29 bits per heavy atom. The van der Waals surface area contributed by atoms with E-state index >= 15 is 0 Å². The highest BCUT2D eigenvalue weighted by Crippen LogP contribution is 2.23. The molecule has 2 N–H and O–H groups in total. The van der Waals surface area contributed by atoms with E-state index in [9.17, 15) is 9.18 Å². The maximum atomic E-state index is 13.9. The third kappa shape index (κ3) is 3.36. The van der Waals surface area contributed by atoms with Gasteiger partial charge in [0.1, 0.15) is 16.8 Å². The number of aromatic nitrogens is 4. The summed E-state index contributed by atoms with van der Waals surface area (Å²) >= 11 is 6.16. The van der Waals surface area contributed by atoms with Gasteiger partial charge >= 0.3 is 0 Å². The predicted octanol–water partition coefficient (Wildman–Crippen LogP) is 4.24. The largest absolute Gasteiger partial charge is 0.342 e. The van der Waals surface area contributed by atoms with Gasteiger partial charge in [0.2, 0.25) is 0 Å². The number of halogens is 2. The molecule has 28 heavy (non-hydrogen) atoms. The van der Waals surface area contributed by atoms with Crippen molar-refractivity contribution in [1.29, 1.82) is 0 Å². The minimum Gasteiger partial charge on any atom is -0.342 e. The van der Waals surface area contributed by atoms with Gasteiger partial charge in [0.05, 0.1) is 22.3 Å². The Bertz CT molecular complexity index is 1200. The summed E-state index contributed by atoms with van der Waals surface area (Å²) in [5, 5.41) is 7.26. The zero-order valence-electron chi connectivity index (χ0n) is 15.3. The molecule has 8 heteroatoms. The third-order valence-electron chi connectivity index (χ3n) is 4.48. The van der Waals surface area contributed by atoms with E-state index in [-0.39, 0.29) is 16.9 Å². The van der Waals surface area contributed by atoms with Gasteiger partial charge in [0.25, 0.3) is 5.91 Å². The molecule has 4 aromatic rings. The van der Waals surface area contributed by atoms with Crippen molar-refractivity contribution < 1.29 is 9.18 Å². The number of benzene rings is 2.